The van der Waals surface area contributed by atoms with Gasteiger partial charge in [0.1, 0.15) is 17.3 Å². The van der Waals surface area contributed by atoms with Gasteiger partial charge in [0.2, 0.25) is 0 Å². The smallest absolute Gasteiger partial charge is 0.180 e. The summed E-state index contributed by atoms with van der Waals surface area (Å²) in [7, 11) is 0. The Kier molecular flexibility index (Phi) is 5.21. The second-order valence-electron chi connectivity index (χ2n) is 7.23. The summed E-state index contributed by atoms with van der Waals surface area (Å²) in [5, 5.41) is 9.66. The molecular weight excluding hydrogens is 350 g/mol. The summed E-state index contributed by atoms with van der Waals surface area (Å²) in [6.07, 6.45) is 1.77. The van der Waals surface area contributed by atoms with Crippen molar-refractivity contribution in [2.45, 2.75) is 20.4 Å². The van der Waals surface area contributed by atoms with Gasteiger partial charge in [-0.05, 0) is 43.7 Å². The van der Waals surface area contributed by atoms with Gasteiger partial charge in [0.15, 0.2) is 5.82 Å². The van der Waals surface area contributed by atoms with Crippen LogP contribution in [0.5, 0.6) is 5.75 Å². The van der Waals surface area contributed by atoms with Crippen LogP contribution in [0, 0.1) is 13.8 Å². The minimum absolute atomic E-state index is 0.324. The molecule has 1 fully saturated rings. The number of aromatic nitrogens is 3. The molecule has 0 radical (unpaired) electrons. The topological polar surface area (TPSA) is 65.4 Å². The molecule has 28 heavy (non-hydrogen) atoms. The lowest BCUT2D eigenvalue weighted by atomic mass is 10.1. The molecule has 0 unspecified atom stereocenters. The maximum Gasteiger partial charge on any atom is 0.180 e. The third kappa shape index (κ3) is 3.97. The first-order valence-corrected chi connectivity index (χ1v) is 9.62. The maximum absolute atomic E-state index is 9.66. The Morgan fingerprint density at radius 1 is 0.964 bits per heavy atom. The van der Waals surface area contributed by atoms with Gasteiger partial charge in [-0.25, -0.2) is 9.97 Å². The van der Waals surface area contributed by atoms with Crippen molar-refractivity contribution in [1.82, 2.24) is 19.9 Å². The molecule has 3 aromatic rings. The first kappa shape index (κ1) is 18.4. The molecule has 1 saturated heterocycles. The van der Waals surface area contributed by atoms with Crippen LogP contribution in [0.2, 0.25) is 0 Å². The number of benzene rings is 1. The summed E-state index contributed by atoms with van der Waals surface area (Å²) >= 11 is 0. The third-order valence-electron chi connectivity index (χ3n) is 5.25. The summed E-state index contributed by atoms with van der Waals surface area (Å²) in [5.41, 5.74) is 4.06. The molecule has 1 aromatic carbocycles. The van der Waals surface area contributed by atoms with E-state index in [-0.39, 0.29) is 0 Å². The molecule has 0 saturated carbocycles. The van der Waals surface area contributed by atoms with E-state index in [0.29, 0.717) is 11.6 Å². The van der Waals surface area contributed by atoms with Gasteiger partial charge in [-0.3, -0.25) is 9.88 Å². The van der Waals surface area contributed by atoms with Gasteiger partial charge in [0, 0.05) is 50.2 Å². The van der Waals surface area contributed by atoms with Crippen molar-refractivity contribution in [2.24, 2.45) is 0 Å². The van der Waals surface area contributed by atoms with Crippen molar-refractivity contribution in [3.05, 3.63) is 65.5 Å². The largest absolute Gasteiger partial charge is 0.508 e. The van der Waals surface area contributed by atoms with E-state index in [2.05, 4.69) is 32.8 Å². The molecule has 0 spiro atoms. The lowest BCUT2D eigenvalue weighted by Crippen LogP contribution is -2.46. The van der Waals surface area contributed by atoms with Crippen molar-refractivity contribution in [2.75, 3.05) is 31.1 Å². The van der Waals surface area contributed by atoms with Crippen LogP contribution < -0.4 is 4.90 Å². The highest BCUT2D eigenvalue weighted by Gasteiger charge is 2.21. The lowest BCUT2D eigenvalue weighted by molar-refractivity contribution is 0.249. The van der Waals surface area contributed by atoms with E-state index in [4.69, 9.17) is 4.98 Å². The molecule has 2 aromatic heterocycles. The van der Waals surface area contributed by atoms with Crippen LogP contribution in [0.25, 0.3) is 11.5 Å². The average Bonchev–Trinajstić information content (AvgIpc) is 2.71. The minimum atomic E-state index is 0.324. The molecule has 1 N–H and O–H groups in total. The van der Waals surface area contributed by atoms with Gasteiger partial charge in [0.25, 0.3) is 0 Å². The van der Waals surface area contributed by atoms with E-state index < -0.39 is 0 Å². The van der Waals surface area contributed by atoms with Crippen LogP contribution in [-0.2, 0) is 6.54 Å². The number of aromatic hydroxyl groups is 1. The van der Waals surface area contributed by atoms with E-state index >= 15 is 0 Å². The first-order chi connectivity index (χ1) is 13.6. The summed E-state index contributed by atoms with van der Waals surface area (Å²) in [6, 6.07) is 13.3. The summed E-state index contributed by atoms with van der Waals surface area (Å²) < 4.78 is 0. The zero-order valence-electron chi connectivity index (χ0n) is 16.3. The van der Waals surface area contributed by atoms with Crippen LogP contribution in [0.15, 0.2) is 48.7 Å². The molecule has 0 aliphatic carbocycles. The molecule has 3 heterocycles. The molecule has 0 atom stereocenters. The Hall–Kier alpha value is -2.99. The highest BCUT2D eigenvalue weighted by atomic mass is 16.3. The van der Waals surface area contributed by atoms with E-state index in [1.807, 2.05) is 37.3 Å². The molecular formula is C22H25N5O. The molecule has 6 heteroatoms. The minimum Gasteiger partial charge on any atom is -0.508 e. The van der Waals surface area contributed by atoms with E-state index in [1.165, 1.54) is 0 Å². The predicted octanol–water partition coefficient (Wildman–Crippen LogP) is 3.18. The van der Waals surface area contributed by atoms with Crippen molar-refractivity contribution >= 4 is 5.82 Å². The quantitative estimate of drug-likeness (QED) is 0.756. The number of pyridine rings is 1. The van der Waals surface area contributed by atoms with Gasteiger partial charge in [-0.2, -0.15) is 0 Å². The van der Waals surface area contributed by atoms with Gasteiger partial charge in [0.05, 0.1) is 0 Å². The molecule has 4 rings (SSSR count). The number of hydrogen-bond donors (Lipinski definition) is 1. The van der Waals surface area contributed by atoms with E-state index in [9.17, 15) is 5.11 Å². The fraction of sp³-hybridized carbons (Fsp3) is 0.318. The number of phenolic OH excluding ortho intramolecular Hbond substituents is 1. The maximum atomic E-state index is 9.66. The zero-order valence-corrected chi connectivity index (χ0v) is 16.3. The van der Waals surface area contributed by atoms with Gasteiger partial charge in [-0.15, -0.1) is 0 Å². The van der Waals surface area contributed by atoms with E-state index in [0.717, 1.165) is 61.1 Å². The number of anilines is 1. The van der Waals surface area contributed by atoms with Crippen molar-refractivity contribution < 1.29 is 5.11 Å². The Morgan fingerprint density at radius 2 is 1.79 bits per heavy atom. The molecule has 1 aliphatic heterocycles. The molecule has 144 valence electrons. The second kappa shape index (κ2) is 7.94. The molecule has 0 bridgehead atoms. The molecule has 6 nitrogen and oxygen atoms in total. The SMILES string of the molecule is Cc1nc(-c2ccccn2)nc(N2CCN(Cc3cccc(O)c3)CC2)c1C. The third-order valence-corrected chi connectivity index (χ3v) is 5.25. The van der Waals surface area contributed by atoms with Gasteiger partial charge >= 0.3 is 0 Å². The number of phenols is 1. The number of nitrogens with zero attached hydrogens (tertiary/aromatic N) is 5. The Bertz CT molecular complexity index is 952. The second-order valence-corrected chi connectivity index (χ2v) is 7.23. The normalized spacial score (nSPS) is 15.0. The van der Waals surface area contributed by atoms with Crippen molar-refractivity contribution in [3.8, 4) is 17.3 Å². The summed E-state index contributed by atoms with van der Waals surface area (Å²) in [4.78, 5) is 18.6. The number of piperazine rings is 1. The number of rotatable bonds is 4. The van der Waals surface area contributed by atoms with Crippen LogP contribution in [0.1, 0.15) is 16.8 Å². The van der Waals surface area contributed by atoms with Crippen molar-refractivity contribution in [1.29, 1.82) is 0 Å². The highest BCUT2D eigenvalue weighted by molar-refractivity contribution is 5.57. The molecule has 1 aliphatic rings. The van der Waals surface area contributed by atoms with Crippen LogP contribution in [0.3, 0.4) is 0 Å². The van der Waals surface area contributed by atoms with Crippen LogP contribution in [0.4, 0.5) is 5.82 Å². The van der Waals surface area contributed by atoms with E-state index in [1.54, 1.807) is 12.3 Å². The predicted molar refractivity (Wildman–Crippen MR) is 110 cm³/mol. The lowest BCUT2D eigenvalue weighted by Gasteiger charge is -2.36. The zero-order chi connectivity index (χ0) is 19.5. The fourth-order valence-electron chi connectivity index (χ4n) is 3.56. The van der Waals surface area contributed by atoms with Gasteiger partial charge in [-0.1, -0.05) is 18.2 Å². The Balaban J connectivity index is 1.49. The van der Waals surface area contributed by atoms with Crippen molar-refractivity contribution in [3.63, 3.8) is 0 Å². The highest BCUT2D eigenvalue weighted by Crippen LogP contribution is 2.25. The monoisotopic (exact) mass is 375 g/mol. The summed E-state index contributed by atoms with van der Waals surface area (Å²) in [5.74, 6) is 2.01. The fourth-order valence-corrected chi connectivity index (χ4v) is 3.56. The van der Waals surface area contributed by atoms with Crippen LogP contribution >= 0.6 is 0 Å². The Labute approximate surface area is 165 Å². The Morgan fingerprint density at radius 3 is 2.50 bits per heavy atom. The first-order valence-electron chi connectivity index (χ1n) is 9.62. The standard InChI is InChI=1S/C22H25N5O/c1-16-17(2)24-21(20-8-3-4-9-23-20)25-22(16)27-12-10-26(11-13-27)15-18-6-5-7-19(28)14-18/h3-9,14,28H,10-13,15H2,1-2H3. The number of aryl methyl sites for hydroxylation is 1. The average molecular weight is 375 g/mol. The summed E-state index contributed by atoms with van der Waals surface area (Å²) in [6.45, 7) is 8.71. The molecule has 0 amide bonds. The van der Waals surface area contributed by atoms with Crippen LogP contribution in [-0.4, -0.2) is 51.1 Å². The number of hydrogen-bond acceptors (Lipinski definition) is 6. The van der Waals surface area contributed by atoms with Gasteiger partial charge < -0.3 is 10.0 Å².